The number of β-lactam (4-membered cyclic amide) rings is 1. The number of carboxylic acids is 1. The predicted molar refractivity (Wildman–Crippen MR) is 146 cm³/mol. The number of nitrogens with one attached hydrogen (secondary N) is 1. The number of aromatic hydroxyl groups is 1. The normalized spacial score (nSPS) is 18.4. The van der Waals surface area contributed by atoms with Crippen LogP contribution in [0.5, 0.6) is 5.75 Å². The molecule has 0 saturated carbocycles. The van der Waals surface area contributed by atoms with Gasteiger partial charge in [-0.25, -0.2) is 14.3 Å². The Morgan fingerprint density at radius 1 is 1.17 bits per heavy atom. The Labute approximate surface area is 240 Å². The summed E-state index contributed by atoms with van der Waals surface area (Å²) in [6.07, 6.45) is 0. The number of aromatic nitrogens is 4. The Balaban J connectivity index is 1.34. The molecule has 2 aliphatic heterocycles. The van der Waals surface area contributed by atoms with Gasteiger partial charge in [0.1, 0.15) is 22.9 Å². The first-order valence-electron chi connectivity index (χ1n) is 11.9. The summed E-state index contributed by atoms with van der Waals surface area (Å²) in [5, 5.41) is 37.1. The number of carbonyl (C=O) groups is 4. The van der Waals surface area contributed by atoms with E-state index in [1.807, 2.05) is 0 Å². The number of carbonyl (C=O) groups excluding carboxylic acids is 3. The summed E-state index contributed by atoms with van der Waals surface area (Å²) in [5.74, 6) is -3.18. The number of nitrogens with zero attached hydrogens (tertiary/aromatic N) is 6. The van der Waals surface area contributed by atoms with E-state index in [-0.39, 0.29) is 34.0 Å². The number of thioether (sulfide) groups is 2. The average molecular weight is 596 g/mol. The first-order valence-corrected chi connectivity index (χ1v) is 14.0. The second-order valence-electron chi connectivity index (χ2n) is 8.73. The summed E-state index contributed by atoms with van der Waals surface area (Å²) in [7, 11) is 1.66. The molecule has 1 saturated heterocycles. The zero-order valence-corrected chi connectivity index (χ0v) is 22.8. The molecule has 2 amide bonds. The second kappa shape index (κ2) is 11.8. The smallest absolute Gasteiger partial charge is 0.365 e. The van der Waals surface area contributed by atoms with Gasteiger partial charge in [-0.3, -0.25) is 14.5 Å². The van der Waals surface area contributed by atoms with Crippen LogP contribution in [0.25, 0.3) is 0 Å². The molecule has 0 spiro atoms. The lowest BCUT2D eigenvalue weighted by molar-refractivity contribution is -0.150. The largest absolute Gasteiger partial charge is 0.508 e. The number of benzene rings is 2. The lowest BCUT2D eigenvalue weighted by Gasteiger charge is -2.49. The minimum absolute atomic E-state index is 0.131. The highest BCUT2D eigenvalue weighted by Gasteiger charge is 2.54. The van der Waals surface area contributed by atoms with E-state index in [9.17, 15) is 29.4 Å². The highest BCUT2D eigenvalue weighted by Crippen LogP contribution is 2.41. The van der Waals surface area contributed by atoms with Crippen LogP contribution < -0.4 is 5.32 Å². The van der Waals surface area contributed by atoms with E-state index in [1.165, 1.54) is 64.6 Å². The van der Waals surface area contributed by atoms with E-state index < -0.39 is 35.2 Å². The van der Waals surface area contributed by atoms with Crippen molar-refractivity contribution in [2.75, 3.05) is 11.5 Å². The van der Waals surface area contributed by atoms with Crippen LogP contribution in [-0.2, 0) is 26.3 Å². The Morgan fingerprint density at radius 3 is 2.61 bits per heavy atom. The minimum Gasteiger partial charge on any atom is -0.508 e. The molecule has 3 N–H and O–H groups in total. The van der Waals surface area contributed by atoms with Crippen LogP contribution in [0.3, 0.4) is 0 Å². The van der Waals surface area contributed by atoms with Crippen molar-refractivity contribution >= 4 is 53.0 Å². The lowest BCUT2D eigenvalue weighted by Crippen LogP contribution is -2.71. The molecule has 5 rings (SSSR count). The van der Waals surface area contributed by atoms with Crippen LogP contribution in [0.1, 0.15) is 15.9 Å². The highest BCUT2D eigenvalue weighted by molar-refractivity contribution is 8.01. The molecule has 2 aromatic carbocycles. The third-order valence-electron chi connectivity index (χ3n) is 6.06. The zero-order valence-electron chi connectivity index (χ0n) is 21.2. The first kappa shape index (κ1) is 27.9. The topological polar surface area (TPSA) is 189 Å². The van der Waals surface area contributed by atoms with Crippen molar-refractivity contribution in [1.29, 1.82) is 0 Å². The van der Waals surface area contributed by atoms with E-state index in [1.54, 1.807) is 25.2 Å². The SMILES string of the molecule is Cn1nnnc1SCC1=C(C(=O)O)N2C(=O)C(NC(=O)C(=NOC(=O)c3ccccc3)c3cccc(O)c3)[C@H]2SC1. The van der Waals surface area contributed by atoms with E-state index >= 15 is 0 Å². The first-order chi connectivity index (χ1) is 19.7. The van der Waals surface area contributed by atoms with Crippen molar-refractivity contribution in [1.82, 2.24) is 30.4 Å². The van der Waals surface area contributed by atoms with Crippen molar-refractivity contribution < 1.29 is 34.2 Å². The highest BCUT2D eigenvalue weighted by atomic mass is 32.2. The maximum atomic E-state index is 13.3. The Kier molecular flexibility index (Phi) is 8.02. The molecule has 16 heteroatoms. The van der Waals surface area contributed by atoms with Crippen LogP contribution in [0.15, 0.2) is 76.2 Å². The molecule has 0 bridgehead atoms. The van der Waals surface area contributed by atoms with Crippen LogP contribution in [0.2, 0.25) is 0 Å². The number of aliphatic carboxylic acids is 1. The number of hydrogen-bond donors (Lipinski definition) is 3. The molecule has 3 aromatic rings. The van der Waals surface area contributed by atoms with Gasteiger partial charge in [0, 0.05) is 24.1 Å². The van der Waals surface area contributed by atoms with Gasteiger partial charge in [-0.1, -0.05) is 47.2 Å². The van der Waals surface area contributed by atoms with E-state index in [4.69, 9.17) is 4.84 Å². The molecule has 14 nitrogen and oxygen atoms in total. The molecule has 0 aliphatic carbocycles. The number of fused-ring (bicyclic) bond motifs is 1. The van der Waals surface area contributed by atoms with Gasteiger partial charge in [-0.2, -0.15) is 0 Å². The predicted octanol–water partition coefficient (Wildman–Crippen LogP) is 1.01. The molecule has 2 aliphatic rings. The van der Waals surface area contributed by atoms with Gasteiger partial charge in [0.2, 0.25) is 5.16 Å². The number of amides is 2. The fourth-order valence-corrected chi connectivity index (χ4v) is 6.43. The summed E-state index contributed by atoms with van der Waals surface area (Å²) < 4.78 is 1.45. The summed E-state index contributed by atoms with van der Waals surface area (Å²) in [6, 6.07) is 12.5. The molecule has 41 heavy (non-hydrogen) atoms. The minimum atomic E-state index is -1.27. The van der Waals surface area contributed by atoms with E-state index in [2.05, 4.69) is 26.0 Å². The summed E-state index contributed by atoms with van der Waals surface area (Å²) in [5.41, 5.74) is 0.338. The Hall–Kier alpha value is -4.70. The molecule has 3 heterocycles. The van der Waals surface area contributed by atoms with Crippen LogP contribution in [0, 0.1) is 0 Å². The quantitative estimate of drug-likeness (QED) is 0.105. The molecule has 1 fully saturated rings. The van der Waals surface area contributed by atoms with Crippen LogP contribution in [0.4, 0.5) is 0 Å². The van der Waals surface area contributed by atoms with Gasteiger partial charge in [0.25, 0.3) is 11.8 Å². The van der Waals surface area contributed by atoms with Gasteiger partial charge >= 0.3 is 11.9 Å². The number of aryl methyl sites for hydroxylation is 1. The van der Waals surface area contributed by atoms with Gasteiger partial charge in [0.05, 0.1) is 5.56 Å². The maximum absolute atomic E-state index is 13.3. The number of phenols is 1. The Morgan fingerprint density at radius 2 is 1.93 bits per heavy atom. The molecule has 2 atom stereocenters. The lowest BCUT2D eigenvalue weighted by atomic mass is 10.0. The zero-order chi connectivity index (χ0) is 29.1. The van der Waals surface area contributed by atoms with E-state index in [0.717, 1.165) is 4.90 Å². The molecule has 1 aromatic heterocycles. The fraction of sp³-hybridized carbons (Fsp3) is 0.200. The van der Waals surface area contributed by atoms with Crippen molar-refractivity contribution in [3.05, 3.63) is 77.0 Å². The monoisotopic (exact) mass is 595 g/mol. The van der Waals surface area contributed by atoms with E-state index in [0.29, 0.717) is 16.5 Å². The van der Waals surface area contributed by atoms with Gasteiger partial charge in [0.15, 0.2) is 5.71 Å². The third kappa shape index (κ3) is 5.78. The fourth-order valence-electron chi connectivity index (χ4n) is 4.09. The standard InChI is InChI=1S/C25H21N7O7S2/c1-31-25(27-29-30-31)41-12-15-11-40-22-18(21(35)32(22)19(15)23(36)37)26-20(34)17(14-8-5-9-16(33)10-14)28-39-24(38)13-6-3-2-4-7-13/h2-10,18,22,33H,11-12H2,1H3,(H,26,34)(H,36,37)/t18?,22-/m1/s1. The number of phenolic OH excluding ortho intramolecular Hbond substituents is 1. The summed E-state index contributed by atoms with van der Waals surface area (Å²) >= 11 is 2.53. The van der Waals surface area contributed by atoms with Gasteiger partial charge in [-0.05, 0) is 40.3 Å². The van der Waals surface area contributed by atoms with Crippen LogP contribution >= 0.6 is 23.5 Å². The second-order valence-corrected chi connectivity index (χ2v) is 10.8. The molecule has 0 radical (unpaired) electrons. The van der Waals surface area contributed by atoms with Crippen molar-refractivity contribution in [3.63, 3.8) is 0 Å². The number of tetrazole rings is 1. The van der Waals surface area contributed by atoms with Gasteiger partial charge in [-0.15, -0.1) is 16.9 Å². The molecule has 1 unspecified atom stereocenters. The number of hydrogen-bond acceptors (Lipinski definition) is 12. The third-order valence-corrected chi connectivity index (χ3v) is 8.49. The Bertz CT molecular complexity index is 1590. The van der Waals surface area contributed by atoms with Crippen molar-refractivity contribution in [2.24, 2.45) is 12.2 Å². The van der Waals surface area contributed by atoms with Crippen molar-refractivity contribution in [3.8, 4) is 5.75 Å². The number of oxime groups is 1. The molecule has 210 valence electrons. The summed E-state index contributed by atoms with van der Waals surface area (Å²) in [6.45, 7) is 0. The molecular formula is C25H21N7O7S2. The molecular weight excluding hydrogens is 574 g/mol. The summed E-state index contributed by atoms with van der Waals surface area (Å²) in [4.78, 5) is 57.2. The van der Waals surface area contributed by atoms with Crippen molar-refractivity contribution in [2.45, 2.75) is 16.6 Å². The number of rotatable bonds is 9. The number of carboxylic acid groups (broad SMARTS) is 1. The average Bonchev–Trinajstić information content (AvgIpc) is 3.38. The van der Waals surface area contributed by atoms with Crippen LogP contribution in [-0.4, -0.2) is 87.7 Å². The maximum Gasteiger partial charge on any atom is 0.365 e. The van der Waals surface area contributed by atoms with Gasteiger partial charge < -0.3 is 20.4 Å².